The first-order valence-corrected chi connectivity index (χ1v) is 7.27. The molecular formula is C14H17BrN2O3. The predicted octanol–water partition coefficient (Wildman–Crippen LogP) is 3.41. The molecule has 0 aliphatic carbocycles. The smallest absolute Gasteiger partial charge is 0.335 e. The number of halogens is 1. The summed E-state index contributed by atoms with van der Waals surface area (Å²) in [4.78, 5) is 25.0. The Morgan fingerprint density at radius 2 is 2.05 bits per heavy atom. The molecule has 1 aliphatic rings. The zero-order valence-electron chi connectivity index (χ0n) is 11.4. The number of nitrogens with one attached hydrogen (secondary N) is 1. The van der Waals surface area contributed by atoms with Crippen LogP contribution in [0.2, 0.25) is 0 Å². The number of anilines is 1. The van der Waals surface area contributed by atoms with Crippen LogP contribution >= 0.6 is 15.9 Å². The van der Waals surface area contributed by atoms with Gasteiger partial charge in [0, 0.05) is 22.7 Å². The van der Waals surface area contributed by atoms with E-state index in [1.165, 1.54) is 12.1 Å². The van der Waals surface area contributed by atoms with Gasteiger partial charge in [0.2, 0.25) is 0 Å². The second kappa shape index (κ2) is 5.83. The Morgan fingerprint density at radius 3 is 2.60 bits per heavy atom. The Labute approximate surface area is 126 Å². The van der Waals surface area contributed by atoms with Gasteiger partial charge >= 0.3 is 12.0 Å². The van der Waals surface area contributed by atoms with Gasteiger partial charge in [0.05, 0.1) is 5.56 Å². The molecule has 2 atom stereocenters. The van der Waals surface area contributed by atoms with Gasteiger partial charge < -0.3 is 15.3 Å². The monoisotopic (exact) mass is 340 g/mol. The van der Waals surface area contributed by atoms with Crippen molar-refractivity contribution < 1.29 is 14.7 Å². The zero-order chi connectivity index (χ0) is 14.9. The van der Waals surface area contributed by atoms with Gasteiger partial charge in [0.1, 0.15) is 0 Å². The minimum atomic E-state index is -1.02. The number of aromatic carboxylic acids is 1. The van der Waals surface area contributed by atoms with Crippen molar-refractivity contribution in [2.24, 2.45) is 5.92 Å². The molecule has 1 fully saturated rings. The van der Waals surface area contributed by atoms with Crippen molar-refractivity contribution >= 4 is 33.6 Å². The number of carboxylic acids is 1. The molecule has 108 valence electrons. The van der Waals surface area contributed by atoms with Gasteiger partial charge in [-0.15, -0.1) is 0 Å². The van der Waals surface area contributed by atoms with Crippen molar-refractivity contribution in [3.63, 3.8) is 0 Å². The van der Waals surface area contributed by atoms with Crippen molar-refractivity contribution in [2.75, 3.05) is 11.9 Å². The fraction of sp³-hybridized carbons (Fsp3) is 0.429. The maximum absolute atomic E-state index is 12.2. The van der Waals surface area contributed by atoms with Gasteiger partial charge in [-0.3, -0.25) is 0 Å². The third-order valence-corrected chi connectivity index (χ3v) is 3.90. The Balaban J connectivity index is 2.14. The molecule has 0 spiro atoms. The summed E-state index contributed by atoms with van der Waals surface area (Å²) >= 11 is 3.25. The number of rotatable bonds is 2. The average Bonchev–Trinajstić information content (AvgIpc) is 2.67. The van der Waals surface area contributed by atoms with Crippen LogP contribution in [0.4, 0.5) is 10.5 Å². The number of urea groups is 1. The predicted molar refractivity (Wildman–Crippen MR) is 80.1 cm³/mol. The Hall–Kier alpha value is -1.56. The summed E-state index contributed by atoms with van der Waals surface area (Å²) in [5.74, 6) is -0.530. The van der Waals surface area contributed by atoms with E-state index in [4.69, 9.17) is 5.11 Å². The fourth-order valence-corrected chi connectivity index (χ4v) is 3.06. The minimum absolute atomic E-state index is 0.137. The fourth-order valence-electron chi connectivity index (χ4n) is 2.56. The number of carboxylic acid groups (broad SMARTS) is 1. The summed E-state index contributed by atoms with van der Waals surface area (Å²) in [6.45, 7) is 4.87. The highest BCUT2D eigenvalue weighted by Gasteiger charge is 2.29. The lowest BCUT2D eigenvalue weighted by Gasteiger charge is -2.22. The highest BCUT2D eigenvalue weighted by molar-refractivity contribution is 9.10. The highest BCUT2D eigenvalue weighted by atomic mass is 79.9. The quantitative estimate of drug-likeness (QED) is 0.866. The Morgan fingerprint density at radius 1 is 1.35 bits per heavy atom. The topological polar surface area (TPSA) is 69.6 Å². The summed E-state index contributed by atoms with van der Waals surface area (Å²) in [5.41, 5.74) is 0.617. The van der Waals surface area contributed by atoms with Crippen LogP contribution in [0.25, 0.3) is 0 Å². The lowest BCUT2D eigenvalue weighted by atomic mass is 10.1. The van der Waals surface area contributed by atoms with Crippen LogP contribution in [-0.4, -0.2) is 34.6 Å². The lowest BCUT2D eigenvalue weighted by Crippen LogP contribution is -2.37. The lowest BCUT2D eigenvalue weighted by molar-refractivity contribution is 0.0696. The van der Waals surface area contributed by atoms with E-state index in [1.807, 2.05) is 6.92 Å². The summed E-state index contributed by atoms with van der Waals surface area (Å²) < 4.78 is 0.621. The number of hydrogen-bond donors (Lipinski definition) is 2. The Kier molecular flexibility index (Phi) is 4.32. The molecule has 6 heteroatoms. The van der Waals surface area contributed by atoms with Crippen molar-refractivity contribution in [2.45, 2.75) is 26.3 Å². The molecular weight excluding hydrogens is 324 g/mol. The molecule has 0 radical (unpaired) electrons. The van der Waals surface area contributed by atoms with Crippen LogP contribution in [0.5, 0.6) is 0 Å². The normalized spacial score (nSPS) is 21.9. The summed E-state index contributed by atoms with van der Waals surface area (Å²) in [7, 11) is 0. The van der Waals surface area contributed by atoms with Gasteiger partial charge in [0.15, 0.2) is 0 Å². The van der Waals surface area contributed by atoms with Crippen LogP contribution in [0, 0.1) is 5.92 Å². The molecule has 1 aromatic rings. The average molecular weight is 341 g/mol. The first kappa shape index (κ1) is 14.8. The van der Waals surface area contributed by atoms with Crippen LogP contribution in [0.1, 0.15) is 30.6 Å². The molecule has 2 unspecified atom stereocenters. The number of nitrogens with zero attached hydrogens (tertiary/aromatic N) is 1. The summed E-state index contributed by atoms with van der Waals surface area (Å²) in [5, 5.41) is 11.8. The minimum Gasteiger partial charge on any atom is -0.478 e. The van der Waals surface area contributed by atoms with Crippen LogP contribution in [0.15, 0.2) is 22.7 Å². The van der Waals surface area contributed by atoms with Crippen molar-refractivity contribution in [3.8, 4) is 0 Å². The molecule has 20 heavy (non-hydrogen) atoms. The maximum atomic E-state index is 12.2. The van der Waals surface area contributed by atoms with Gasteiger partial charge in [-0.2, -0.15) is 0 Å². The molecule has 2 amide bonds. The SMILES string of the molecule is CC1CC(C)N(C(=O)Nc2cc(Br)cc(C(=O)O)c2)C1. The second-order valence-corrected chi connectivity index (χ2v) is 6.22. The van der Waals surface area contributed by atoms with Crippen LogP contribution in [-0.2, 0) is 0 Å². The molecule has 5 nitrogen and oxygen atoms in total. The van der Waals surface area contributed by atoms with E-state index in [0.717, 1.165) is 13.0 Å². The van der Waals surface area contributed by atoms with Crippen molar-refractivity contribution in [1.82, 2.24) is 4.90 Å². The number of likely N-dealkylation sites (tertiary alicyclic amines) is 1. The standard InChI is InChI=1S/C14H17BrN2O3/c1-8-3-9(2)17(7-8)14(20)16-12-5-10(13(18)19)4-11(15)6-12/h4-6,8-9H,3,7H2,1-2H3,(H,16,20)(H,18,19). The molecule has 2 N–H and O–H groups in total. The first-order valence-electron chi connectivity index (χ1n) is 6.48. The van der Waals surface area contributed by atoms with E-state index in [1.54, 1.807) is 11.0 Å². The van der Waals surface area contributed by atoms with E-state index in [-0.39, 0.29) is 17.6 Å². The van der Waals surface area contributed by atoms with Gasteiger partial charge in [-0.1, -0.05) is 22.9 Å². The molecule has 0 saturated carbocycles. The molecule has 0 bridgehead atoms. The Bertz CT molecular complexity index is 547. The maximum Gasteiger partial charge on any atom is 0.335 e. The molecule has 1 heterocycles. The van der Waals surface area contributed by atoms with Gasteiger partial charge in [-0.05, 0) is 37.5 Å². The number of amides is 2. The number of carbonyl (C=O) groups is 2. The van der Waals surface area contributed by atoms with Crippen LogP contribution < -0.4 is 5.32 Å². The van der Waals surface area contributed by atoms with E-state index < -0.39 is 5.97 Å². The number of carbonyl (C=O) groups excluding carboxylic acids is 1. The van der Waals surface area contributed by atoms with E-state index in [2.05, 4.69) is 28.2 Å². The summed E-state index contributed by atoms with van der Waals surface area (Å²) in [6.07, 6.45) is 0.992. The van der Waals surface area contributed by atoms with E-state index >= 15 is 0 Å². The first-order chi connectivity index (χ1) is 9.36. The molecule has 1 saturated heterocycles. The van der Waals surface area contributed by atoms with Crippen molar-refractivity contribution in [3.05, 3.63) is 28.2 Å². The number of benzene rings is 1. The number of hydrogen-bond acceptors (Lipinski definition) is 2. The largest absolute Gasteiger partial charge is 0.478 e. The zero-order valence-corrected chi connectivity index (χ0v) is 13.0. The molecule has 1 aromatic carbocycles. The van der Waals surface area contributed by atoms with Crippen LogP contribution in [0.3, 0.4) is 0 Å². The third kappa shape index (κ3) is 3.30. The van der Waals surface area contributed by atoms with Gasteiger partial charge in [-0.25, -0.2) is 9.59 Å². The third-order valence-electron chi connectivity index (χ3n) is 3.44. The summed E-state index contributed by atoms with van der Waals surface area (Å²) in [6, 6.07) is 4.66. The van der Waals surface area contributed by atoms with Crippen molar-refractivity contribution in [1.29, 1.82) is 0 Å². The van der Waals surface area contributed by atoms with E-state index in [9.17, 15) is 9.59 Å². The highest BCUT2D eigenvalue weighted by Crippen LogP contribution is 2.24. The molecule has 2 rings (SSSR count). The van der Waals surface area contributed by atoms with Gasteiger partial charge in [0.25, 0.3) is 0 Å². The second-order valence-electron chi connectivity index (χ2n) is 5.31. The molecule has 0 aromatic heterocycles. The molecule has 1 aliphatic heterocycles. The van der Waals surface area contributed by atoms with E-state index in [0.29, 0.717) is 16.1 Å².